The van der Waals surface area contributed by atoms with E-state index in [9.17, 15) is 4.79 Å². The van der Waals surface area contributed by atoms with Gasteiger partial charge in [0.15, 0.2) is 0 Å². The molecule has 0 aliphatic carbocycles. The smallest absolute Gasteiger partial charge is 0.227 e. The van der Waals surface area contributed by atoms with Gasteiger partial charge < -0.3 is 14.4 Å². The summed E-state index contributed by atoms with van der Waals surface area (Å²) in [7, 11) is 3.92. The predicted octanol–water partition coefficient (Wildman–Crippen LogP) is 3.75. The third kappa shape index (κ3) is 3.50. The Morgan fingerprint density at radius 3 is 2.63 bits per heavy atom. The first-order chi connectivity index (χ1) is 13.1. The Labute approximate surface area is 165 Å². The maximum absolute atomic E-state index is 12.8. The molecule has 0 spiro atoms. The van der Waals surface area contributed by atoms with Crippen molar-refractivity contribution in [2.45, 2.75) is 31.7 Å². The van der Waals surface area contributed by atoms with Crippen molar-refractivity contribution in [1.82, 2.24) is 19.4 Å². The number of carbonyl (C=O) groups excluding carboxylic acids is 1. The highest BCUT2D eigenvalue weighted by Crippen LogP contribution is 2.37. The van der Waals surface area contributed by atoms with Gasteiger partial charge in [0.25, 0.3) is 0 Å². The lowest BCUT2D eigenvalue weighted by Gasteiger charge is -2.28. The van der Waals surface area contributed by atoms with Crippen molar-refractivity contribution in [1.29, 1.82) is 0 Å². The minimum absolute atomic E-state index is 0.0218. The van der Waals surface area contributed by atoms with E-state index in [0.29, 0.717) is 5.02 Å². The maximum Gasteiger partial charge on any atom is 0.227 e. The molecular formula is C21H27ClN4O. The van der Waals surface area contributed by atoms with Crippen molar-refractivity contribution in [3.63, 3.8) is 0 Å². The number of nitrogens with zero attached hydrogens (tertiary/aromatic N) is 4. The molecule has 2 aliphatic rings. The fourth-order valence-electron chi connectivity index (χ4n) is 4.51. The third-order valence-electron chi connectivity index (χ3n) is 6.07. The monoisotopic (exact) mass is 386 g/mol. The van der Waals surface area contributed by atoms with Crippen LogP contribution in [-0.2, 0) is 11.8 Å². The van der Waals surface area contributed by atoms with Crippen molar-refractivity contribution in [2.75, 3.05) is 26.7 Å². The molecule has 0 bridgehead atoms. The van der Waals surface area contributed by atoms with Crippen LogP contribution in [0.5, 0.6) is 0 Å². The number of amides is 1. The van der Waals surface area contributed by atoms with Crippen LogP contribution < -0.4 is 0 Å². The van der Waals surface area contributed by atoms with Crippen LogP contribution in [0.15, 0.2) is 30.5 Å². The Morgan fingerprint density at radius 1 is 1.15 bits per heavy atom. The summed E-state index contributed by atoms with van der Waals surface area (Å²) in [6, 6.07) is 7.83. The number of rotatable bonds is 4. The molecule has 5 nitrogen and oxygen atoms in total. The Morgan fingerprint density at radius 2 is 1.89 bits per heavy atom. The van der Waals surface area contributed by atoms with Gasteiger partial charge in [-0.15, -0.1) is 0 Å². The number of carbonyl (C=O) groups is 1. The molecule has 3 heterocycles. The number of piperidine rings is 1. The second-order valence-electron chi connectivity index (χ2n) is 7.80. The average molecular weight is 387 g/mol. The molecule has 0 N–H and O–H groups in total. The van der Waals surface area contributed by atoms with E-state index >= 15 is 0 Å². The molecule has 0 saturated carbocycles. The zero-order valence-electron chi connectivity index (χ0n) is 16.1. The number of hydrogen-bond donors (Lipinski definition) is 0. The number of halogens is 1. The molecule has 4 rings (SSSR count). The predicted molar refractivity (Wildman–Crippen MR) is 108 cm³/mol. The molecule has 2 saturated heterocycles. The Bertz CT molecular complexity index is 827. The molecule has 2 fully saturated rings. The Hall–Kier alpha value is -1.85. The average Bonchev–Trinajstić information content (AvgIpc) is 3.18. The van der Waals surface area contributed by atoms with E-state index < -0.39 is 0 Å². The summed E-state index contributed by atoms with van der Waals surface area (Å²) in [6.45, 7) is 3.12. The van der Waals surface area contributed by atoms with Gasteiger partial charge in [-0.05, 0) is 38.4 Å². The van der Waals surface area contributed by atoms with Gasteiger partial charge in [-0.3, -0.25) is 4.79 Å². The Balaban J connectivity index is 1.55. The summed E-state index contributed by atoms with van der Waals surface area (Å²) < 4.78 is 2.08. The van der Waals surface area contributed by atoms with Crippen molar-refractivity contribution < 1.29 is 4.79 Å². The van der Waals surface area contributed by atoms with Gasteiger partial charge in [0.05, 0.1) is 23.9 Å². The number of benzene rings is 1. The molecule has 1 amide bonds. The van der Waals surface area contributed by atoms with E-state index in [2.05, 4.69) is 14.5 Å². The summed E-state index contributed by atoms with van der Waals surface area (Å²) in [5, 5.41) is 0.714. The van der Waals surface area contributed by atoms with Gasteiger partial charge >= 0.3 is 0 Å². The molecule has 1 aromatic carbocycles. The summed E-state index contributed by atoms with van der Waals surface area (Å²) in [5.41, 5.74) is 1.95. The van der Waals surface area contributed by atoms with Crippen molar-refractivity contribution in [2.24, 2.45) is 13.0 Å². The topological polar surface area (TPSA) is 41.4 Å². The van der Waals surface area contributed by atoms with Crippen LogP contribution in [0.25, 0.3) is 11.3 Å². The zero-order valence-corrected chi connectivity index (χ0v) is 16.8. The van der Waals surface area contributed by atoms with E-state index in [1.165, 1.54) is 19.3 Å². The lowest BCUT2D eigenvalue weighted by Crippen LogP contribution is -2.37. The van der Waals surface area contributed by atoms with Crippen LogP contribution in [-0.4, -0.2) is 51.9 Å². The van der Waals surface area contributed by atoms with Crippen LogP contribution in [0, 0.1) is 5.92 Å². The van der Waals surface area contributed by atoms with Gasteiger partial charge in [-0.1, -0.05) is 36.2 Å². The van der Waals surface area contributed by atoms with Crippen molar-refractivity contribution in [3.8, 4) is 11.3 Å². The highest BCUT2D eigenvalue weighted by molar-refractivity contribution is 6.33. The molecule has 0 unspecified atom stereocenters. The maximum atomic E-state index is 12.8. The van der Waals surface area contributed by atoms with E-state index in [0.717, 1.165) is 43.1 Å². The molecule has 2 aliphatic heterocycles. The van der Waals surface area contributed by atoms with Crippen LogP contribution in [0.3, 0.4) is 0 Å². The normalized spacial score (nSPS) is 24.0. The number of aromatic nitrogens is 2. The third-order valence-corrected chi connectivity index (χ3v) is 6.40. The standard InChI is InChI=1S/C21H27ClN4O/c1-24-19(16-8-4-5-9-17(16)22)13-23-20(24)18-12-15(21(27)25(18)2)14-26-10-6-3-7-11-26/h4-5,8-9,13,15,18H,3,6-7,10-12,14H2,1-2H3/t15-,18+/m0/s1. The molecule has 2 aromatic rings. The zero-order chi connectivity index (χ0) is 19.0. The van der Waals surface area contributed by atoms with E-state index in [1.807, 2.05) is 49.5 Å². The second-order valence-corrected chi connectivity index (χ2v) is 8.21. The first kappa shape index (κ1) is 18.5. The van der Waals surface area contributed by atoms with Gasteiger partial charge in [0.2, 0.25) is 5.91 Å². The van der Waals surface area contributed by atoms with Crippen LogP contribution in [0.4, 0.5) is 0 Å². The first-order valence-corrected chi connectivity index (χ1v) is 10.2. The fraction of sp³-hybridized carbons (Fsp3) is 0.524. The molecule has 144 valence electrons. The number of likely N-dealkylation sites (tertiary alicyclic amines) is 2. The lowest BCUT2D eigenvalue weighted by molar-refractivity contribution is -0.131. The highest BCUT2D eigenvalue weighted by atomic mass is 35.5. The van der Waals surface area contributed by atoms with Gasteiger partial charge in [-0.25, -0.2) is 4.98 Å². The minimum atomic E-state index is 0.0218. The molecular weight excluding hydrogens is 360 g/mol. The lowest BCUT2D eigenvalue weighted by atomic mass is 10.0. The summed E-state index contributed by atoms with van der Waals surface area (Å²) in [4.78, 5) is 21.9. The molecule has 2 atom stereocenters. The molecule has 0 radical (unpaired) electrons. The quantitative estimate of drug-likeness (QED) is 0.803. The summed E-state index contributed by atoms with van der Waals surface area (Å²) >= 11 is 6.37. The minimum Gasteiger partial charge on any atom is -0.335 e. The molecule has 6 heteroatoms. The Kier molecular flexibility index (Phi) is 5.24. The summed E-state index contributed by atoms with van der Waals surface area (Å²) in [6.07, 6.45) is 6.52. The van der Waals surface area contributed by atoms with Gasteiger partial charge in [0, 0.05) is 31.2 Å². The number of hydrogen-bond acceptors (Lipinski definition) is 3. The number of imidazole rings is 1. The van der Waals surface area contributed by atoms with Crippen molar-refractivity contribution >= 4 is 17.5 Å². The highest BCUT2D eigenvalue weighted by Gasteiger charge is 2.40. The van der Waals surface area contributed by atoms with E-state index in [-0.39, 0.29) is 17.9 Å². The van der Waals surface area contributed by atoms with Crippen LogP contribution >= 0.6 is 11.6 Å². The molecule has 1 aromatic heterocycles. The van der Waals surface area contributed by atoms with E-state index in [1.54, 1.807) is 0 Å². The second kappa shape index (κ2) is 7.64. The van der Waals surface area contributed by atoms with Crippen LogP contribution in [0.1, 0.15) is 37.5 Å². The van der Waals surface area contributed by atoms with Crippen LogP contribution in [0.2, 0.25) is 5.02 Å². The van der Waals surface area contributed by atoms with E-state index in [4.69, 9.17) is 11.6 Å². The van der Waals surface area contributed by atoms with Crippen molar-refractivity contribution in [3.05, 3.63) is 41.3 Å². The molecule has 27 heavy (non-hydrogen) atoms. The van der Waals surface area contributed by atoms with Gasteiger partial charge in [-0.2, -0.15) is 0 Å². The largest absolute Gasteiger partial charge is 0.335 e. The van der Waals surface area contributed by atoms with Gasteiger partial charge in [0.1, 0.15) is 5.82 Å². The fourth-order valence-corrected chi connectivity index (χ4v) is 4.74. The summed E-state index contributed by atoms with van der Waals surface area (Å²) in [5.74, 6) is 1.24. The first-order valence-electron chi connectivity index (χ1n) is 9.82. The SMILES string of the molecule is CN1C(=O)[C@H](CN2CCCCC2)C[C@@H]1c1ncc(-c2ccccc2Cl)n1C.